The van der Waals surface area contributed by atoms with Gasteiger partial charge in [0.25, 0.3) is 5.91 Å². The van der Waals surface area contributed by atoms with E-state index in [-0.39, 0.29) is 18.6 Å². The molecule has 144 valence electrons. The van der Waals surface area contributed by atoms with Crippen LogP contribution in [0.3, 0.4) is 0 Å². The number of rotatable bonds is 8. The van der Waals surface area contributed by atoms with Gasteiger partial charge < -0.3 is 14.8 Å². The van der Waals surface area contributed by atoms with E-state index in [2.05, 4.69) is 22.3 Å². The Morgan fingerprint density at radius 3 is 2.74 bits per heavy atom. The number of carbonyl (C=O) groups excluding carboxylic acids is 1. The average Bonchev–Trinajstić information content (AvgIpc) is 2.72. The lowest BCUT2D eigenvalue weighted by Crippen LogP contribution is -2.40. The predicted molar refractivity (Wildman–Crippen MR) is 106 cm³/mol. The quantitative estimate of drug-likeness (QED) is 0.705. The smallest absolute Gasteiger partial charge is 0.257 e. The van der Waals surface area contributed by atoms with Crippen LogP contribution in [0.4, 0.5) is 0 Å². The summed E-state index contributed by atoms with van der Waals surface area (Å²) in [5, 5.41) is 3.54. The highest BCUT2D eigenvalue weighted by atomic mass is 35.5. The highest BCUT2D eigenvalue weighted by Gasteiger charge is 2.21. The van der Waals surface area contributed by atoms with E-state index in [1.165, 1.54) is 5.56 Å². The van der Waals surface area contributed by atoms with Crippen molar-refractivity contribution < 1.29 is 14.3 Å². The van der Waals surface area contributed by atoms with Crippen LogP contribution in [0.1, 0.15) is 18.1 Å². The first-order valence-corrected chi connectivity index (χ1v) is 9.62. The molecule has 1 atom stereocenters. The molecule has 2 aromatic rings. The molecule has 1 aliphatic rings. The first kappa shape index (κ1) is 19.7. The number of ether oxygens (including phenoxy) is 2. The molecular formula is C21H25ClN2O3. The van der Waals surface area contributed by atoms with Crippen LogP contribution in [0.15, 0.2) is 54.6 Å². The molecule has 2 aromatic carbocycles. The van der Waals surface area contributed by atoms with Crippen LogP contribution in [0, 0.1) is 0 Å². The van der Waals surface area contributed by atoms with Gasteiger partial charge in [-0.1, -0.05) is 41.9 Å². The lowest BCUT2D eigenvalue weighted by molar-refractivity contribution is -0.123. The van der Waals surface area contributed by atoms with E-state index in [1.807, 2.05) is 18.2 Å². The van der Waals surface area contributed by atoms with Gasteiger partial charge in [0, 0.05) is 31.2 Å². The van der Waals surface area contributed by atoms with E-state index < -0.39 is 0 Å². The maximum Gasteiger partial charge on any atom is 0.257 e. The number of nitrogens with zero attached hydrogens (tertiary/aromatic N) is 1. The number of morpholine rings is 1. The molecule has 27 heavy (non-hydrogen) atoms. The van der Waals surface area contributed by atoms with Gasteiger partial charge in [-0.3, -0.25) is 9.69 Å². The fourth-order valence-electron chi connectivity index (χ4n) is 3.04. The zero-order chi connectivity index (χ0) is 18.9. The van der Waals surface area contributed by atoms with Crippen LogP contribution < -0.4 is 10.1 Å². The minimum atomic E-state index is -0.117. The van der Waals surface area contributed by atoms with E-state index in [0.29, 0.717) is 17.3 Å². The summed E-state index contributed by atoms with van der Waals surface area (Å²) in [6, 6.07) is 17.3. The van der Waals surface area contributed by atoms with Gasteiger partial charge in [-0.05, 0) is 36.2 Å². The number of halogens is 1. The van der Waals surface area contributed by atoms with Crippen LogP contribution in [-0.2, 0) is 9.53 Å². The Hall–Kier alpha value is -2.08. The summed E-state index contributed by atoms with van der Waals surface area (Å²) in [7, 11) is 0. The second-order valence-electron chi connectivity index (χ2n) is 6.52. The van der Waals surface area contributed by atoms with Gasteiger partial charge in [-0.25, -0.2) is 0 Å². The van der Waals surface area contributed by atoms with Crippen molar-refractivity contribution in [1.29, 1.82) is 0 Å². The summed E-state index contributed by atoms with van der Waals surface area (Å²) in [5.74, 6) is 0.518. The maximum atomic E-state index is 11.9. The number of hydrogen-bond donors (Lipinski definition) is 1. The normalized spacial score (nSPS) is 17.4. The number of amides is 1. The summed E-state index contributed by atoms with van der Waals surface area (Å²) in [5.41, 5.74) is 1.22. The van der Waals surface area contributed by atoms with Gasteiger partial charge >= 0.3 is 0 Å². The third kappa shape index (κ3) is 6.54. The Labute approximate surface area is 165 Å². The minimum absolute atomic E-state index is 0.00919. The second kappa shape index (κ2) is 10.3. The van der Waals surface area contributed by atoms with Crippen molar-refractivity contribution in [2.24, 2.45) is 0 Å². The van der Waals surface area contributed by atoms with Crippen LogP contribution in [-0.4, -0.2) is 50.2 Å². The molecule has 0 aromatic heterocycles. The molecule has 3 rings (SSSR count). The van der Waals surface area contributed by atoms with Crippen molar-refractivity contribution >= 4 is 17.5 Å². The third-order valence-electron chi connectivity index (χ3n) is 4.48. The highest BCUT2D eigenvalue weighted by molar-refractivity contribution is 6.30. The molecule has 0 radical (unpaired) electrons. The summed E-state index contributed by atoms with van der Waals surface area (Å²) in [6.45, 7) is 4.13. The summed E-state index contributed by atoms with van der Waals surface area (Å²) >= 11 is 5.82. The summed E-state index contributed by atoms with van der Waals surface area (Å²) in [6.07, 6.45) is 1.02. The van der Waals surface area contributed by atoms with Crippen molar-refractivity contribution in [2.75, 3.05) is 39.4 Å². The van der Waals surface area contributed by atoms with E-state index in [0.717, 1.165) is 32.7 Å². The zero-order valence-corrected chi connectivity index (χ0v) is 16.0. The fraction of sp³-hybridized carbons (Fsp3) is 0.381. The van der Waals surface area contributed by atoms with Crippen molar-refractivity contribution in [1.82, 2.24) is 10.2 Å². The zero-order valence-electron chi connectivity index (χ0n) is 15.3. The molecule has 1 N–H and O–H groups in total. The third-order valence-corrected chi connectivity index (χ3v) is 4.73. The molecule has 1 aliphatic heterocycles. The molecular weight excluding hydrogens is 364 g/mol. The highest BCUT2D eigenvalue weighted by Crippen LogP contribution is 2.21. The fourth-order valence-corrected chi connectivity index (χ4v) is 3.16. The van der Waals surface area contributed by atoms with Crippen molar-refractivity contribution in [3.63, 3.8) is 0 Å². The lowest BCUT2D eigenvalue weighted by Gasteiger charge is -2.33. The van der Waals surface area contributed by atoms with Crippen LogP contribution >= 0.6 is 11.6 Å². The topological polar surface area (TPSA) is 50.8 Å². The Morgan fingerprint density at radius 2 is 1.96 bits per heavy atom. The van der Waals surface area contributed by atoms with E-state index >= 15 is 0 Å². The predicted octanol–water partition coefficient (Wildman–Crippen LogP) is 3.30. The number of nitrogens with one attached hydrogen (secondary N) is 1. The molecule has 1 amide bonds. The standard InChI is InChI=1S/C21H25ClN2O3/c22-18-7-9-19(10-8-18)27-16-21(25)23-11-4-12-24-13-14-26-20(15-24)17-5-2-1-3-6-17/h1-3,5-10,20H,4,11-16H2,(H,23,25). The molecule has 1 fully saturated rings. The Bertz CT molecular complexity index is 709. The van der Waals surface area contributed by atoms with Crippen LogP contribution in [0.2, 0.25) is 5.02 Å². The number of hydrogen-bond acceptors (Lipinski definition) is 4. The molecule has 1 unspecified atom stereocenters. The monoisotopic (exact) mass is 388 g/mol. The Kier molecular flexibility index (Phi) is 7.51. The first-order chi connectivity index (χ1) is 13.2. The van der Waals surface area contributed by atoms with Gasteiger partial charge in [0.15, 0.2) is 6.61 Å². The summed E-state index contributed by atoms with van der Waals surface area (Å²) in [4.78, 5) is 14.3. The minimum Gasteiger partial charge on any atom is -0.484 e. The van der Waals surface area contributed by atoms with Crippen molar-refractivity contribution in [3.05, 3.63) is 65.2 Å². The largest absolute Gasteiger partial charge is 0.484 e. The molecule has 5 nitrogen and oxygen atoms in total. The van der Waals surface area contributed by atoms with Gasteiger partial charge in [0.05, 0.1) is 12.7 Å². The van der Waals surface area contributed by atoms with E-state index in [9.17, 15) is 4.79 Å². The molecule has 1 heterocycles. The number of benzene rings is 2. The van der Waals surface area contributed by atoms with Gasteiger partial charge in [0.1, 0.15) is 5.75 Å². The molecule has 0 saturated carbocycles. The van der Waals surface area contributed by atoms with Gasteiger partial charge in [0.2, 0.25) is 0 Å². The number of carbonyl (C=O) groups is 1. The second-order valence-corrected chi connectivity index (χ2v) is 6.95. The Balaban J connectivity index is 1.31. The van der Waals surface area contributed by atoms with Crippen molar-refractivity contribution in [3.8, 4) is 5.75 Å². The van der Waals surface area contributed by atoms with Gasteiger partial charge in [-0.15, -0.1) is 0 Å². The molecule has 6 heteroatoms. The van der Waals surface area contributed by atoms with Gasteiger partial charge in [-0.2, -0.15) is 0 Å². The molecule has 0 bridgehead atoms. The SMILES string of the molecule is O=C(COc1ccc(Cl)cc1)NCCCN1CCOC(c2ccccc2)C1. The maximum absolute atomic E-state index is 11.9. The molecule has 0 spiro atoms. The van der Waals surface area contributed by atoms with Crippen LogP contribution in [0.5, 0.6) is 5.75 Å². The molecule has 1 saturated heterocycles. The lowest BCUT2D eigenvalue weighted by atomic mass is 10.1. The van der Waals surface area contributed by atoms with Crippen molar-refractivity contribution in [2.45, 2.75) is 12.5 Å². The first-order valence-electron chi connectivity index (χ1n) is 9.25. The summed E-state index contributed by atoms with van der Waals surface area (Å²) < 4.78 is 11.3. The van der Waals surface area contributed by atoms with Crippen LogP contribution in [0.25, 0.3) is 0 Å². The van der Waals surface area contributed by atoms with E-state index in [1.54, 1.807) is 24.3 Å². The average molecular weight is 389 g/mol. The van der Waals surface area contributed by atoms with E-state index in [4.69, 9.17) is 21.1 Å². The molecule has 0 aliphatic carbocycles. The Morgan fingerprint density at radius 1 is 1.19 bits per heavy atom.